The third kappa shape index (κ3) is 5.27. The van der Waals surface area contributed by atoms with Crippen LogP contribution in [0.25, 0.3) is 0 Å². The molecular formula is C16H28N6. The third-order valence-electron chi connectivity index (χ3n) is 4.11. The summed E-state index contributed by atoms with van der Waals surface area (Å²) >= 11 is 0. The van der Waals surface area contributed by atoms with Gasteiger partial charge < -0.3 is 15.5 Å². The normalized spacial score (nSPS) is 20.9. The Morgan fingerprint density at radius 3 is 2.91 bits per heavy atom. The van der Waals surface area contributed by atoms with Crippen molar-refractivity contribution in [3.8, 4) is 0 Å². The molecule has 22 heavy (non-hydrogen) atoms. The SMILES string of the molecule is CN=C(NCCc1ccccn1)NCC1CN(C)CCN1C. The van der Waals surface area contributed by atoms with Gasteiger partial charge in [0.15, 0.2) is 5.96 Å². The molecule has 1 aromatic rings. The molecule has 0 radical (unpaired) electrons. The van der Waals surface area contributed by atoms with Crippen LogP contribution in [-0.4, -0.2) is 80.7 Å². The fraction of sp³-hybridized carbons (Fsp3) is 0.625. The van der Waals surface area contributed by atoms with E-state index in [1.807, 2.05) is 31.4 Å². The van der Waals surface area contributed by atoms with E-state index in [4.69, 9.17) is 0 Å². The second kappa shape index (κ2) is 8.70. The number of nitrogens with zero attached hydrogens (tertiary/aromatic N) is 4. The summed E-state index contributed by atoms with van der Waals surface area (Å²) in [5.74, 6) is 0.859. The average molecular weight is 304 g/mol. The van der Waals surface area contributed by atoms with E-state index in [2.05, 4.69) is 44.5 Å². The van der Waals surface area contributed by atoms with Crippen LogP contribution in [0.1, 0.15) is 5.69 Å². The van der Waals surface area contributed by atoms with E-state index in [-0.39, 0.29) is 0 Å². The van der Waals surface area contributed by atoms with Crippen LogP contribution in [0.3, 0.4) is 0 Å². The van der Waals surface area contributed by atoms with E-state index in [0.29, 0.717) is 6.04 Å². The predicted molar refractivity (Wildman–Crippen MR) is 91.2 cm³/mol. The Balaban J connectivity index is 1.71. The summed E-state index contributed by atoms with van der Waals surface area (Å²) in [5.41, 5.74) is 1.10. The highest BCUT2D eigenvalue weighted by molar-refractivity contribution is 5.79. The van der Waals surface area contributed by atoms with E-state index in [9.17, 15) is 0 Å². The molecule has 1 atom stereocenters. The molecule has 1 aliphatic rings. The molecule has 0 bridgehead atoms. The molecule has 2 rings (SSSR count). The van der Waals surface area contributed by atoms with Crippen LogP contribution in [0.15, 0.2) is 29.4 Å². The number of rotatable bonds is 5. The Labute approximate surface area is 133 Å². The van der Waals surface area contributed by atoms with Crippen LogP contribution in [0.5, 0.6) is 0 Å². The van der Waals surface area contributed by atoms with Crippen LogP contribution >= 0.6 is 0 Å². The number of aliphatic imine (C=N–C) groups is 1. The van der Waals surface area contributed by atoms with Crippen molar-refractivity contribution in [1.29, 1.82) is 0 Å². The van der Waals surface area contributed by atoms with Crippen molar-refractivity contribution in [3.63, 3.8) is 0 Å². The van der Waals surface area contributed by atoms with Gasteiger partial charge in [-0.15, -0.1) is 0 Å². The Bertz CT molecular complexity index is 461. The second-order valence-electron chi connectivity index (χ2n) is 5.85. The van der Waals surface area contributed by atoms with Gasteiger partial charge in [0.2, 0.25) is 0 Å². The molecule has 0 spiro atoms. The monoisotopic (exact) mass is 304 g/mol. The summed E-state index contributed by atoms with van der Waals surface area (Å²) in [4.78, 5) is 13.4. The molecule has 1 unspecified atom stereocenters. The maximum absolute atomic E-state index is 4.33. The van der Waals surface area contributed by atoms with Gasteiger partial charge in [-0.3, -0.25) is 14.9 Å². The molecule has 0 aliphatic carbocycles. The Morgan fingerprint density at radius 2 is 2.18 bits per heavy atom. The average Bonchev–Trinajstić information content (AvgIpc) is 2.54. The lowest BCUT2D eigenvalue weighted by Crippen LogP contribution is -2.55. The summed E-state index contributed by atoms with van der Waals surface area (Å²) in [7, 11) is 6.18. The highest BCUT2D eigenvalue weighted by Gasteiger charge is 2.21. The van der Waals surface area contributed by atoms with Crippen LogP contribution in [0.4, 0.5) is 0 Å². The first-order valence-electron chi connectivity index (χ1n) is 7.92. The molecule has 122 valence electrons. The van der Waals surface area contributed by atoms with Gasteiger partial charge in [0.1, 0.15) is 0 Å². The van der Waals surface area contributed by atoms with Gasteiger partial charge in [-0.05, 0) is 26.2 Å². The lowest BCUT2D eigenvalue weighted by atomic mass is 10.2. The van der Waals surface area contributed by atoms with Crippen molar-refractivity contribution < 1.29 is 0 Å². The van der Waals surface area contributed by atoms with E-state index in [0.717, 1.165) is 50.8 Å². The molecular weight excluding hydrogens is 276 g/mol. The second-order valence-corrected chi connectivity index (χ2v) is 5.85. The van der Waals surface area contributed by atoms with E-state index in [1.54, 1.807) is 0 Å². The topological polar surface area (TPSA) is 55.8 Å². The molecule has 1 aliphatic heterocycles. The number of piperazine rings is 1. The van der Waals surface area contributed by atoms with E-state index >= 15 is 0 Å². The number of nitrogens with one attached hydrogen (secondary N) is 2. The van der Waals surface area contributed by atoms with Crippen molar-refractivity contribution in [3.05, 3.63) is 30.1 Å². The number of hydrogen-bond acceptors (Lipinski definition) is 4. The van der Waals surface area contributed by atoms with Crippen LogP contribution in [-0.2, 0) is 6.42 Å². The fourth-order valence-electron chi connectivity index (χ4n) is 2.61. The van der Waals surface area contributed by atoms with Gasteiger partial charge in [0.05, 0.1) is 0 Å². The quantitative estimate of drug-likeness (QED) is 0.594. The number of guanidine groups is 1. The zero-order chi connectivity index (χ0) is 15.8. The summed E-state index contributed by atoms with van der Waals surface area (Å²) in [5, 5.41) is 6.78. The Hall–Kier alpha value is -1.66. The minimum absolute atomic E-state index is 0.521. The van der Waals surface area contributed by atoms with Crippen molar-refractivity contribution in [1.82, 2.24) is 25.4 Å². The number of likely N-dealkylation sites (N-methyl/N-ethyl adjacent to an activating group) is 2. The summed E-state index contributed by atoms with van der Waals surface area (Å²) in [6, 6.07) is 6.53. The van der Waals surface area contributed by atoms with Crippen molar-refractivity contribution in [2.24, 2.45) is 4.99 Å². The van der Waals surface area contributed by atoms with Gasteiger partial charge in [0, 0.05) is 64.1 Å². The molecule has 0 amide bonds. The minimum atomic E-state index is 0.521. The fourth-order valence-corrected chi connectivity index (χ4v) is 2.61. The van der Waals surface area contributed by atoms with Crippen LogP contribution in [0, 0.1) is 0 Å². The zero-order valence-electron chi connectivity index (χ0n) is 13.9. The first kappa shape index (κ1) is 16.7. The molecule has 2 heterocycles. The standard InChI is InChI=1S/C16H28N6/c1-17-16(19-9-7-14-6-4-5-8-18-14)20-12-15-13-21(2)10-11-22(15)3/h4-6,8,15H,7,9-13H2,1-3H3,(H2,17,19,20). The predicted octanol–water partition coefficient (Wildman–Crippen LogP) is 0.0349. The third-order valence-corrected chi connectivity index (χ3v) is 4.11. The van der Waals surface area contributed by atoms with Crippen LogP contribution in [0.2, 0.25) is 0 Å². The highest BCUT2D eigenvalue weighted by atomic mass is 15.3. The molecule has 0 saturated carbocycles. The largest absolute Gasteiger partial charge is 0.356 e. The first-order valence-corrected chi connectivity index (χ1v) is 7.92. The van der Waals surface area contributed by atoms with E-state index in [1.165, 1.54) is 0 Å². The summed E-state index contributed by atoms with van der Waals surface area (Å²) < 4.78 is 0. The molecule has 1 saturated heterocycles. The minimum Gasteiger partial charge on any atom is -0.356 e. The molecule has 2 N–H and O–H groups in total. The van der Waals surface area contributed by atoms with Crippen LogP contribution < -0.4 is 10.6 Å². The van der Waals surface area contributed by atoms with Gasteiger partial charge >= 0.3 is 0 Å². The summed E-state index contributed by atoms with van der Waals surface area (Å²) in [6.45, 7) is 5.09. The number of aromatic nitrogens is 1. The number of pyridine rings is 1. The van der Waals surface area contributed by atoms with E-state index < -0.39 is 0 Å². The first-order chi connectivity index (χ1) is 10.7. The Morgan fingerprint density at radius 1 is 1.32 bits per heavy atom. The molecule has 1 aromatic heterocycles. The zero-order valence-corrected chi connectivity index (χ0v) is 13.9. The van der Waals surface area contributed by atoms with Gasteiger partial charge in [-0.1, -0.05) is 6.07 Å². The lowest BCUT2D eigenvalue weighted by molar-refractivity contribution is 0.116. The van der Waals surface area contributed by atoms with Gasteiger partial charge in [-0.2, -0.15) is 0 Å². The van der Waals surface area contributed by atoms with Crippen molar-refractivity contribution in [2.45, 2.75) is 12.5 Å². The maximum Gasteiger partial charge on any atom is 0.191 e. The molecule has 6 nitrogen and oxygen atoms in total. The lowest BCUT2D eigenvalue weighted by Gasteiger charge is -2.37. The Kier molecular flexibility index (Phi) is 6.61. The smallest absolute Gasteiger partial charge is 0.191 e. The van der Waals surface area contributed by atoms with Crippen molar-refractivity contribution >= 4 is 5.96 Å². The molecule has 1 fully saturated rings. The number of hydrogen-bond donors (Lipinski definition) is 2. The highest BCUT2D eigenvalue weighted by Crippen LogP contribution is 2.04. The van der Waals surface area contributed by atoms with Gasteiger partial charge in [-0.25, -0.2) is 0 Å². The molecule has 6 heteroatoms. The maximum atomic E-state index is 4.33. The van der Waals surface area contributed by atoms with Gasteiger partial charge in [0.25, 0.3) is 0 Å². The van der Waals surface area contributed by atoms with Crippen molar-refractivity contribution in [2.75, 3.05) is 53.9 Å². The molecule has 0 aromatic carbocycles. The summed E-state index contributed by atoms with van der Waals surface area (Å²) in [6.07, 6.45) is 2.73.